The van der Waals surface area contributed by atoms with Crippen molar-refractivity contribution in [3.63, 3.8) is 0 Å². The van der Waals surface area contributed by atoms with Gasteiger partial charge in [0, 0.05) is 8.04 Å². The predicted octanol–water partition coefficient (Wildman–Crippen LogP) is 6.16. The van der Waals surface area contributed by atoms with Crippen molar-refractivity contribution < 1.29 is 4.74 Å². The molecular weight excluding hydrogens is 539 g/mol. The smallest absolute Gasteiger partial charge is 0.148 e. The van der Waals surface area contributed by atoms with E-state index in [1.807, 2.05) is 12.1 Å². The largest absolute Gasteiger partial charge is 0.487 e. The fourth-order valence-electron chi connectivity index (χ4n) is 1.40. The van der Waals surface area contributed by atoms with Gasteiger partial charge >= 0.3 is 0 Å². The zero-order valence-corrected chi connectivity index (χ0v) is 16.0. The molecule has 1 nitrogen and oxygen atoms in total. The molecule has 0 bridgehead atoms. The van der Waals surface area contributed by atoms with Crippen LogP contribution in [-0.4, -0.2) is 0 Å². The lowest BCUT2D eigenvalue weighted by Gasteiger charge is -2.11. The Labute approximate surface area is 145 Å². The van der Waals surface area contributed by atoms with E-state index in [9.17, 15) is 0 Å². The fourth-order valence-corrected chi connectivity index (χ4v) is 4.25. The quantitative estimate of drug-likeness (QED) is 0.419. The van der Waals surface area contributed by atoms with Gasteiger partial charge in [-0.25, -0.2) is 0 Å². The summed E-state index contributed by atoms with van der Waals surface area (Å²) in [5, 5.41) is 0. The van der Waals surface area contributed by atoms with Crippen LogP contribution >= 0.6 is 70.4 Å². The molecule has 0 saturated carbocycles. The Balaban J connectivity index is 2.13. The molecule has 0 aliphatic heterocycles. The molecule has 0 heterocycles. The average molecular weight is 547 g/mol. The minimum atomic E-state index is 0.551. The molecule has 0 fully saturated rings. The molecule has 2 rings (SSSR count). The zero-order chi connectivity index (χ0) is 13.1. The lowest BCUT2D eigenvalue weighted by Crippen LogP contribution is -1.97. The highest BCUT2D eigenvalue weighted by atomic mass is 127. The van der Waals surface area contributed by atoms with Crippen molar-refractivity contribution in [2.24, 2.45) is 0 Å². The van der Waals surface area contributed by atoms with Gasteiger partial charge in [0.2, 0.25) is 0 Å². The molecule has 2 aromatic rings. The number of hydrogen-bond acceptors (Lipinski definition) is 1. The topological polar surface area (TPSA) is 9.23 Å². The van der Waals surface area contributed by atoms with Crippen molar-refractivity contribution in [1.29, 1.82) is 0 Å². The highest BCUT2D eigenvalue weighted by molar-refractivity contribution is 14.1. The van der Waals surface area contributed by atoms with E-state index in [1.165, 1.54) is 3.57 Å². The third-order valence-corrected chi connectivity index (χ3v) is 4.61. The summed E-state index contributed by atoms with van der Waals surface area (Å²) in [4.78, 5) is 0. The summed E-state index contributed by atoms with van der Waals surface area (Å²) in [5.74, 6) is 0.816. The summed E-state index contributed by atoms with van der Waals surface area (Å²) in [6, 6.07) is 12.2. The van der Waals surface area contributed by atoms with Gasteiger partial charge < -0.3 is 4.74 Å². The first-order valence-corrected chi connectivity index (χ1v) is 8.54. The Morgan fingerprint density at radius 2 is 1.50 bits per heavy atom. The van der Waals surface area contributed by atoms with Crippen molar-refractivity contribution in [1.82, 2.24) is 0 Å². The van der Waals surface area contributed by atoms with Crippen LogP contribution < -0.4 is 4.74 Å². The molecule has 0 amide bonds. The van der Waals surface area contributed by atoms with Gasteiger partial charge in [0.25, 0.3) is 0 Å². The van der Waals surface area contributed by atoms with Crippen molar-refractivity contribution in [2.75, 3.05) is 0 Å². The molecular formula is C13H8Br3IO. The lowest BCUT2D eigenvalue weighted by atomic mass is 10.2. The van der Waals surface area contributed by atoms with E-state index in [1.54, 1.807) is 0 Å². The number of rotatable bonds is 3. The van der Waals surface area contributed by atoms with Gasteiger partial charge in [0.05, 0.1) is 8.95 Å². The van der Waals surface area contributed by atoms with E-state index in [4.69, 9.17) is 4.74 Å². The van der Waals surface area contributed by atoms with Crippen LogP contribution in [0.1, 0.15) is 5.56 Å². The molecule has 0 N–H and O–H groups in total. The molecule has 2 aromatic carbocycles. The van der Waals surface area contributed by atoms with Gasteiger partial charge in [-0.05, 0) is 84.3 Å². The summed E-state index contributed by atoms with van der Waals surface area (Å²) in [5.41, 5.74) is 1.15. The molecule has 0 spiro atoms. The van der Waals surface area contributed by atoms with Crippen LogP contribution in [0.3, 0.4) is 0 Å². The van der Waals surface area contributed by atoms with Crippen molar-refractivity contribution in [3.05, 3.63) is 58.9 Å². The second kappa shape index (κ2) is 6.72. The zero-order valence-electron chi connectivity index (χ0n) is 9.09. The van der Waals surface area contributed by atoms with Gasteiger partial charge in [0.1, 0.15) is 12.4 Å². The maximum Gasteiger partial charge on any atom is 0.148 e. The summed E-state index contributed by atoms with van der Waals surface area (Å²) < 4.78 is 9.91. The fraction of sp³-hybridized carbons (Fsp3) is 0.0769. The molecule has 0 saturated heterocycles. The molecule has 5 heteroatoms. The first kappa shape index (κ1) is 14.8. The summed E-state index contributed by atoms with van der Waals surface area (Å²) >= 11 is 12.7. The monoisotopic (exact) mass is 544 g/mol. The van der Waals surface area contributed by atoms with Crippen LogP contribution in [0.25, 0.3) is 0 Å². The van der Waals surface area contributed by atoms with Crippen LogP contribution in [0.15, 0.2) is 49.8 Å². The van der Waals surface area contributed by atoms with E-state index in [-0.39, 0.29) is 0 Å². The van der Waals surface area contributed by atoms with Crippen LogP contribution in [-0.2, 0) is 6.61 Å². The van der Waals surface area contributed by atoms with E-state index in [0.29, 0.717) is 6.61 Å². The second-order valence-electron chi connectivity index (χ2n) is 3.61. The third-order valence-electron chi connectivity index (χ3n) is 2.26. The molecule has 0 aromatic heterocycles. The Kier molecular flexibility index (Phi) is 5.53. The lowest BCUT2D eigenvalue weighted by molar-refractivity contribution is 0.302. The maximum atomic E-state index is 5.83. The SMILES string of the molecule is Brc1cc(Br)c(OCc2ccc(I)cc2)c(Br)c1. The van der Waals surface area contributed by atoms with Gasteiger partial charge in [-0.3, -0.25) is 0 Å². The van der Waals surface area contributed by atoms with Gasteiger partial charge in [-0.2, -0.15) is 0 Å². The minimum absolute atomic E-state index is 0.551. The van der Waals surface area contributed by atoms with E-state index < -0.39 is 0 Å². The van der Waals surface area contributed by atoms with Gasteiger partial charge in [0.15, 0.2) is 0 Å². The summed E-state index contributed by atoms with van der Waals surface area (Å²) in [6.07, 6.45) is 0. The molecule has 0 unspecified atom stereocenters. The highest BCUT2D eigenvalue weighted by Gasteiger charge is 2.08. The Morgan fingerprint density at radius 1 is 0.944 bits per heavy atom. The van der Waals surface area contributed by atoms with Crippen LogP contribution in [0, 0.1) is 3.57 Å². The van der Waals surface area contributed by atoms with Crippen LogP contribution in [0.5, 0.6) is 5.75 Å². The molecule has 0 aliphatic carbocycles. The normalized spacial score (nSPS) is 10.4. The number of ether oxygens (including phenoxy) is 1. The average Bonchev–Trinajstić information content (AvgIpc) is 2.30. The van der Waals surface area contributed by atoms with Crippen molar-refractivity contribution in [3.8, 4) is 5.75 Å². The molecule has 0 radical (unpaired) electrons. The minimum Gasteiger partial charge on any atom is -0.487 e. The first-order valence-electron chi connectivity index (χ1n) is 5.08. The van der Waals surface area contributed by atoms with Crippen LogP contribution in [0.2, 0.25) is 0 Å². The number of halogens is 4. The van der Waals surface area contributed by atoms with Gasteiger partial charge in [-0.15, -0.1) is 0 Å². The number of benzene rings is 2. The van der Waals surface area contributed by atoms with Crippen LogP contribution in [0.4, 0.5) is 0 Å². The summed E-state index contributed by atoms with van der Waals surface area (Å²) in [6.45, 7) is 0.551. The summed E-state index contributed by atoms with van der Waals surface area (Å²) in [7, 11) is 0. The van der Waals surface area contributed by atoms with E-state index in [0.717, 1.165) is 24.7 Å². The molecule has 18 heavy (non-hydrogen) atoms. The molecule has 0 aliphatic rings. The van der Waals surface area contributed by atoms with Crippen molar-refractivity contribution in [2.45, 2.75) is 6.61 Å². The molecule has 94 valence electrons. The third kappa shape index (κ3) is 3.95. The molecule has 0 atom stereocenters. The maximum absolute atomic E-state index is 5.83. The second-order valence-corrected chi connectivity index (χ2v) is 7.48. The Bertz CT molecular complexity index is 532. The first-order chi connectivity index (χ1) is 8.56. The Hall–Kier alpha value is 0.410. The van der Waals surface area contributed by atoms with Crippen molar-refractivity contribution >= 4 is 70.4 Å². The van der Waals surface area contributed by atoms with Gasteiger partial charge in [-0.1, -0.05) is 28.1 Å². The van der Waals surface area contributed by atoms with E-state index in [2.05, 4.69) is 94.6 Å². The number of hydrogen-bond donors (Lipinski definition) is 0. The Morgan fingerprint density at radius 3 is 2.06 bits per heavy atom. The highest BCUT2D eigenvalue weighted by Crippen LogP contribution is 2.36. The predicted molar refractivity (Wildman–Crippen MR) is 93.0 cm³/mol. The standard InChI is InChI=1S/C13H8Br3IO/c14-9-5-11(15)13(12(16)6-9)18-7-8-1-3-10(17)4-2-8/h1-6H,7H2. The van der Waals surface area contributed by atoms with E-state index >= 15 is 0 Å².